The number of aromatic nitrogens is 1. The maximum absolute atomic E-state index is 13.5. The number of hydrogen-bond donors (Lipinski definition) is 0. The van der Waals surface area contributed by atoms with Crippen LogP contribution in [0.2, 0.25) is 0 Å². The summed E-state index contributed by atoms with van der Waals surface area (Å²) in [5.41, 5.74) is 0.190. The van der Waals surface area contributed by atoms with Crippen LogP contribution >= 0.6 is 34.1 Å². The average molecular weight is 335 g/mol. The molecule has 78 valence electrons. The molecule has 0 atom stereocenters. The van der Waals surface area contributed by atoms with Gasteiger partial charge in [0.1, 0.15) is 5.83 Å². The van der Waals surface area contributed by atoms with Crippen LogP contribution in [0.25, 0.3) is 0 Å². The van der Waals surface area contributed by atoms with Crippen molar-refractivity contribution in [3.05, 3.63) is 38.2 Å². The molecule has 0 N–H and O–H groups in total. The number of halogens is 2. The van der Waals surface area contributed by atoms with Gasteiger partial charge < -0.3 is 0 Å². The second kappa shape index (κ2) is 4.52. The molecule has 0 fully saturated rings. The van der Waals surface area contributed by atoms with E-state index in [-0.39, 0.29) is 17.2 Å². The second-order valence-corrected chi connectivity index (χ2v) is 5.33. The van der Waals surface area contributed by atoms with Crippen LogP contribution in [0, 0.1) is 0 Å². The monoisotopic (exact) mass is 335 g/mol. The van der Waals surface area contributed by atoms with Gasteiger partial charge in [-0.1, -0.05) is 0 Å². The summed E-state index contributed by atoms with van der Waals surface area (Å²) in [5, 5.41) is 0. The van der Waals surface area contributed by atoms with E-state index in [2.05, 4.69) is 27.0 Å². The van der Waals surface area contributed by atoms with E-state index in [1.54, 1.807) is 18.3 Å². The number of nitrogens with zero attached hydrogens (tertiary/aromatic N) is 1. The third-order valence-corrected chi connectivity index (χ3v) is 3.68. The van der Waals surface area contributed by atoms with Gasteiger partial charge >= 0.3 is 0 Å². The van der Waals surface area contributed by atoms with E-state index in [1.165, 1.54) is 0 Å². The largest absolute Gasteiger partial charge is 0.288 e. The van der Waals surface area contributed by atoms with Gasteiger partial charge in [-0.25, -0.2) is 8.76 Å². The minimum atomic E-state index is -0.311. The highest BCUT2D eigenvalue weighted by Crippen LogP contribution is 2.30. The fourth-order valence-corrected chi connectivity index (χ4v) is 2.46. The van der Waals surface area contributed by atoms with E-state index in [9.17, 15) is 9.18 Å². The van der Waals surface area contributed by atoms with E-state index in [4.69, 9.17) is 0 Å². The van der Waals surface area contributed by atoms with Gasteiger partial charge in [-0.3, -0.25) is 4.79 Å². The molecule has 15 heavy (non-hydrogen) atoms. The molecule has 0 aromatic carbocycles. The van der Waals surface area contributed by atoms with Crippen molar-refractivity contribution in [2.24, 2.45) is 0 Å². The molecule has 2 nitrogen and oxygen atoms in total. The molecular formula is C10H7FINOS. The first-order valence-electron chi connectivity index (χ1n) is 4.38. The lowest BCUT2D eigenvalue weighted by Gasteiger charge is -2.10. The lowest BCUT2D eigenvalue weighted by Crippen LogP contribution is -2.04. The summed E-state index contributed by atoms with van der Waals surface area (Å²) in [6.45, 7) is 0. The average Bonchev–Trinajstić information content (AvgIpc) is 2.74. The molecule has 0 radical (unpaired) electrons. The summed E-state index contributed by atoms with van der Waals surface area (Å²) in [5.74, 6) is -0.572. The molecule has 1 aromatic heterocycles. The van der Waals surface area contributed by atoms with E-state index in [0.717, 1.165) is 15.1 Å². The first kappa shape index (κ1) is 10.9. The van der Waals surface area contributed by atoms with Crippen molar-refractivity contribution in [1.29, 1.82) is 0 Å². The first-order chi connectivity index (χ1) is 7.18. The third-order valence-electron chi connectivity index (χ3n) is 2.08. The first-order valence-corrected chi connectivity index (χ1v) is 6.24. The zero-order valence-electron chi connectivity index (χ0n) is 7.67. The third kappa shape index (κ3) is 2.34. The van der Waals surface area contributed by atoms with Crippen LogP contribution in [0.1, 0.15) is 22.5 Å². The molecule has 0 saturated heterocycles. The molecule has 0 unspecified atom stereocenters. The molecule has 1 aliphatic rings. The Hall–Kier alpha value is -0.560. The molecule has 0 aliphatic heterocycles. The van der Waals surface area contributed by atoms with E-state index < -0.39 is 0 Å². The van der Waals surface area contributed by atoms with Gasteiger partial charge in [0.15, 0.2) is 0 Å². The predicted octanol–water partition coefficient (Wildman–Crippen LogP) is 3.66. The Morgan fingerprint density at radius 3 is 3.00 bits per heavy atom. The summed E-state index contributed by atoms with van der Waals surface area (Å²) in [6.07, 6.45) is 4.19. The highest BCUT2D eigenvalue weighted by molar-refractivity contribution is 14.1. The number of hydrogen-bond acceptors (Lipinski definition) is 3. The Kier molecular flexibility index (Phi) is 3.30. The van der Waals surface area contributed by atoms with Crippen LogP contribution in [0.4, 0.5) is 4.39 Å². The van der Waals surface area contributed by atoms with Crippen LogP contribution < -0.4 is 0 Å². The number of allylic oxidation sites excluding steroid dienone is 4. The molecule has 0 spiro atoms. The number of ketones is 1. The zero-order chi connectivity index (χ0) is 10.8. The van der Waals surface area contributed by atoms with Crippen LogP contribution in [-0.4, -0.2) is 10.2 Å². The van der Waals surface area contributed by atoms with Crippen LogP contribution in [0.5, 0.6) is 0 Å². The van der Waals surface area contributed by atoms with Gasteiger partial charge in [-0.05, 0) is 56.3 Å². The van der Waals surface area contributed by atoms with Crippen LogP contribution in [0.15, 0.2) is 33.3 Å². The van der Waals surface area contributed by atoms with Gasteiger partial charge in [0.2, 0.25) is 5.78 Å². The van der Waals surface area contributed by atoms with Crippen molar-refractivity contribution >= 4 is 39.9 Å². The Morgan fingerprint density at radius 1 is 1.53 bits per heavy atom. The summed E-state index contributed by atoms with van der Waals surface area (Å²) in [6, 6.07) is 1.61. The summed E-state index contributed by atoms with van der Waals surface area (Å²) in [4.78, 5) is 12.3. The number of carbonyl (C=O) groups is 1. The zero-order valence-corrected chi connectivity index (χ0v) is 10.6. The lowest BCUT2D eigenvalue weighted by molar-refractivity contribution is 0.103. The second-order valence-electron chi connectivity index (χ2n) is 3.12. The van der Waals surface area contributed by atoms with E-state index in [0.29, 0.717) is 17.7 Å². The molecule has 0 bridgehead atoms. The fraction of sp³-hybridized carbons (Fsp3) is 0.200. The standard InChI is InChI=1S/C10H7FINOS/c11-8-2-1-6(12)5-7(8)10(14)9-3-4-13-15-9/h3-5H,1-2H2. The summed E-state index contributed by atoms with van der Waals surface area (Å²) in [7, 11) is 0. The molecule has 0 amide bonds. The molecule has 2 rings (SSSR count). The maximum atomic E-state index is 13.5. The van der Waals surface area contributed by atoms with Crippen molar-refractivity contribution in [3.63, 3.8) is 0 Å². The highest BCUT2D eigenvalue weighted by Gasteiger charge is 2.20. The lowest BCUT2D eigenvalue weighted by atomic mass is 10.0. The Bertz CT molecular complexity index is 450. The summed E-state index contributed by atoms with van der Waals surface area (Å²) < 4.78 is 18.3. The number of Topliss-reactive ketones (excluding diaryl/α,β-unsaturated/α-hetero) is 1. The van der Waals surface area contributed by atoms with Crippen molar-refractivity contribution in [2.75, 3.05) is 0 Å². The fourth-order valence-electron chi connectivity index (χ4n) is 1.33. The minimum absolute atomic E-state index is 0.190. The maximum Gasteiger partial charge on any atom is 0.207 e. The minimum Gasteiger partial charge on any atom is -0.288 e. The van der Waals surface area contributed by atoms with Crippen LogP contribution in [-0.2, 0) is 0 Å². The molecule has 5 heteroatoms. The van der Waals surface area contributed by atoms with E-state index >= 15 is 0 Å². The smallest absolute Gasteiger partial charge is 0.207 e. The topological polar surface area (TPSA) is 30.0 Å². The van der Waals surface area contributed by atoms with Gasteiger partial charge in [-0.15, -0.1) is 0 Å². The van der Waals surface area contributed by atoms with Gasteiger partial charge in [0, 0.05) is 12.6 Å². The normalized spacial score (nSPS) is 16.5. The number of rotatable bonds is 2. The molecule has 1 heterocycles. The van der Waals surface area contributed by atoms with Gasteiger partial charge in [0.25, 0.3) is 0 Å². The highest BCUT2D eigenvalue weighted by atomic mass is 127. The Balaban J connectivity index is 2.35. The van der Waals surface area contributed by atoms with E-state index in [1.807, 2.05) is 0 Å². The quantitative estimate of drug-likeness (QED) is 0.610. The van der Waals surface area contributed by atoms with Crippen molar-refractivity contribution in [1.82, 2.24) is 4.37 Å². The Morgan fingerprint density at radius 2 is 2.33 bits per heavy atom. The predicted molar refractivity (Wildman–Crippen MR) is 65.9 cm³/mol. The van der Waals surface area contributed by atoms with Gasteiger partial charge in [0.05, 0.1) is 10.5 Å². The van der Waals surface area contributed by atoms with Crippen LogP contribution in [0.3, 0.4) is 0 Å². The molecule has 0 saturated carbocycles. The van der Waals surface area contributed by atoms with Crippen molar-refractivity contribution in [2.45, 2.75) is 12.8 Å². The SMILES string of the molecule is O=C(C1=C(F)CCC(I)=C1)c1ccns1. The Labute approximate surface area is 104 Å². The van der Waals surface area contributed by atoms with Crippen molar-refractivity contribution in [3.8, 4) is 0 Å². The molecular weight excluding hydrogens is 328 g/mol. The summed E-state index contributed by atoms with van der Waals surface area (Å²) >= 11 is 3.22. The number of carbonyl (C=O) groups excluding carboxylic acids is 1. The van der Waals surface area contributed by atoms with Gasteiger partial charge in [-0.2, -0.15) is 0 Å². The molecule has 1 aromatic rings. The van der Waals surface area contributed by atoms with Crippen molar-refractivity contribution < 1.29 is 9.18 Å². The molecule has 1 aliphatic carbocycles.